The summed E-state index contributed by atoms with van der Waals surface area (Å²) >= 11 is 0. The lowest BCUT2D eigenvalue weighted by Crippen LogP contribution is -2.25. The summed E-state index contributed by atoms with van der Waals surface area (Å²) in [4.78, 5) is 21.4. The number of anilines is 1. The second kappa shape index (κ2) is 7.84. The molecule has 1 aliphatic rings. The second-order valence-corrected chi connectivity index (χ2v) is 7.74. The molecule has 0 saturated heterocycles. The SMILES string of the molecule is CC(C)c1cc(NC(=O)n2ccc3cc(Oc4ncnc5c4CCNC5)ccc32)no1. The van der Waals surface area contributed by atoms with Gasteiger partial charge >= 0.3 is 6.03 Å². The summed E-state index contributed by atoms with van der Waals surface area (Å²) in [6.45, 7) is 5.59. The van der Waals surface area contributed by atoms with Gasteiger partial charge in [-0.25, -0.2) is 14.8 Å². The molecule has 2 N–H and O–H groups in total. The summed E-state index contributed by atoms with van der Waals surface area (Å²) in [7, 11) is 0. The van der Waals surface area contributed by atoms with Crippen LogP contribution in [0.5, 0.6) is 11.6 Å². The standard InChI is InChI=1S/C22H22N6O3/c1-13(2)19-10-20(27-31-19)26-22(29)28-8-6-14-9-15(3-4-18(14)28)30-21-16-5-7-23-11-17(16)24-12-25-21/h3-4,6,8-10,12-13,23H,5,7,11H2,1-2H3,(H,26,27,29). The lowest BCUT2D eigenvalue weighted by Gasteiger charge is -2.18. The number of ether oxygens (including phenoxy) is 1. The minimum absolute atomic E-state index is 0.195. The molecule has 1 aliphatic heterocycles. The maximum atomic E-state index is 12.7. The molecule has 0 spiro atoms. The van der Waals surface area contributed by atoms with Crippen molar-refractivity contribution in [3.05, 3.63) is 59.9 Å². The topological polar surface area (TPSA) is 107 Å². The summed E-state index contributed by atoms with van der Waals surface area (Å²) in [6.07, 6.45) is 4.06. The highest BCUT2D eigenvalue weighted by Gasteiger charge is 2.18. The molecule has 1 aromatic carbocycles. The normalized spacial score (nSPS) is 13.4. The number of nitrogens with one attached hydrogen (secondary N) is 2. The summed E-state index contributed by atoms with van der Waals surface area (Å²) in [6, 6.07) is 8.85. The van der Waals surface area contributed by atoms with Crippen LogP contribution in [0.25, 0.3) is 10.9 Å². The van der Waals surface area contributed by atoms with Crippen molar-refractivity contribution in [2.45, 2.75) is 32.7 Å². The third-order valence-electron chi connectivity index (χ3n) is 5.27. The molecule has 0 aliphatic carbocycles. The van der Waals surface area contributed by atoms with E-state index in [4.69, 9.17) is 9.26 Å². The monoisotopic (exact) mass is 418 g/mol. The van der Waals surface area contributed by atoms with Crippen LogP contribution in [-0.4, -0.2) is 32.3 Å². The van der Waals surface area contributed by atoms with Gasteiger partial charge in [0.2, 0.25) is 5.88 Å². The van der Waals surface area contributed by atoms with E-state index in [1.807, 2.05) is 38.1 Å². The molecule has 5 rings (SSSR count). The van der Waals surface area contributed by atoms with Gasteiger partial charge in [0, 0.05) is 35.7 Å². The van der Waals surface area contributed by atoms with Gasteiger partial charge in [0.1, 0.15) is 17.8 Å². The maximum absolute atomic E-state index is 12.7. The van der Waals surface area contributed by atoms with E-state index in [9.17, 15) is 4.79 Å². The number of aromatic nitrogens is 4. The Morgan fingerprint density at radius 2 is 2.16 bits per heavy atom. The third kappa shape index (κ3) is 3.75. The van der Waals surface area contributed by atoms with Gasteiger partial charge in [-0.05, 0) is 37.2 Å². The van der Waals surface area contributed by atoms with Crippen LogP contribution in [0.3, 0.4) is 0 Å². The molecule has 0 fully saturated rings. The first-order chi connectivity index (χ1) is 15.1. The average molecular weight is 418 g/mol. The number of hydrogen-bond donors (Lipinski definition) is 2. The van der Waals surface area contributed by atoms with Crippen LogP contribution in [0.1, 0.15) is 36.8 Å². The van der Waals surface area contributed by atoms with Crippen LogP contribution >= 0.6 is 0 Å². The second-order valence-electron chi connectivity index (χ2n) is 7.74. The Morgan fingerprint density at radius 1 is 1.26 bits per heavy atom. The van der Waals surface area contributed by atoms with Crippen molar-refractivity contribution in [1.82, 2.24) is 25.0 Å². The van der Waals surface area contributed by atoms with E-state index in [0.717, 1.165) is 47.4 Å². The molecule has 3 aromatic heterocycles. The Labute approximate surface area is 178 Å². The highest BCUT2D eigenvalue weighted by atomic mass is 16.5. The molecule has 9 nitrogen and oxygen atoms in total. The van der Waals surface area contributed by atoms with Gasteiger partial charge in [-0.1, -0.05) is 19.0 Å². The first-order valence-electron chi connectivity index (χ1n) is 10.2. The molecule has 0 radical (unpaired) electrons. The quantitative estimate of drug-likeness (QED) is 0.515. The number of carbonyl (C=O) groups excluding carboxylic acids is 1. The first kappa shape index (κ1) is 19.3. The Hall–Kier alpha value is -3.72. The van der Waals surface area contributed by atoms with Gasteiger partial charge in [0.25, 0.3) is 0 Å². The third-order valence-corrected chi connectivity index (χ3v) is 5.27. The first-order valence-corrected chi connectivity index (χ1v) is 10.2. The molecule has 9 heteroatoms. The van der Waals surface area contributed by atoms with Crippen LogP contribution < -0.4 is 15.4 Å². The molecule has 1 amide bonds. The van der Waals surface area contributed by atoms with Crippen molar-refractivity contribution in [3.63, 3.8) is 0 Å². The van der Waals surface area contributed by atoms with E-state index in [2.05, 4.69) is 25.8 Å². The number of hydrogen-bond acceptors (Lipinski definition) is 7. The molecule has 0 atom stereocenters. The van der Waals surface area contributed by atoms with E-state index in [1.165, 1.54) is 10.9 Å². The largest absolute Gasteiger partial charge is 0.439 e. The van der Waals surface area contributed by atoms with Crippen molar-refractivity contribution in [2.75, 3.05) is 11.9 Å². The fraction of sp³-hybridized carbons (Fsp3) is 0.273. The smallest absolute Gasteiger partial charge is 0.331 e. The molecule has 158 valence electrons. The van der Waals surface area contributed by atoms with Crippen molar-refractivity contribution < 1.29 is 14.1 Å². The summed E-state index contributed by atoms with van der Waals surface area (Å²) in [5.41, 5.74) is 2.76. The van der Waals surface area contributed by atoms with Crippen molar-refractivity contribution in [1.29, 1.82) is 0 Å². The Bertz CT molecular complexity index is 1260. The van der Waals surface area contributed by atoms with Gasteiger partial charge in [0.15, 0.2) is 5.82 Å². The molecule has 4 heterocycles. The molecule has 4 aromatic rings. The zero-order valence-electron chi connectivity index (χ0n) is 17.3. The average Bonchev–Trinajstić information content (AvgIpc) is 3.41. The number of amides is 1. The summed E-state index contributed by atoms with van der Waals surface area (Å²) in [5.74, 6) is 2.54. The fourth-order valence-electron chi connectivity index (χ4n) is 3.60. The van der Waals surface area contributed by atoms with Crippen LogP contribution in [0.2, 0.25) is 0 Å². The number of benzene rings is 1. The van der Waals surface area contributed by atoms with E-state index in [0.29, 0.717) is 17.4 Å². The zero-order valence-corrected chi connectivity index (χ0v) is 17.3. The number of rotatable bonds is 4. The van der Waals surface area contributed by atoms with Gasteiger partial charge in [-0.2, -0.15) is 0 Å². The van der Waals surface area contributed by atoms with Crippen molar-refractivity contribution >= 4 is 22.8 Å². The predicted molar refractivity (Wildman–Crippen MR) is 114 cm³/mol. The van der Waals surface area contributed by atoms with Gasteiger partial charge in [-0.15, -0.1) is 0 Å². The van der Waals surface area contributed by atoms with Gasteiger partial charge in [-0.3, -0.25) is 9.88 Å². The van der Waals surface area contributed by atoms with E-state index < -0.39 is 0 Å². The van der Waals surface area contributed by atoms with E-state index >= 15 is 0 Å². The Morgan fingerprint density at radius 3 is 3.00 bits per heavy atom. The minimum Gasteiger partial charge on any atom is -0.439 e. The zero-order chi connectivity index (χ0) is 21.4. The highest BCUT2D eigenvalue weighted by Crippen LogP contribution is 2.29. The maximum Gasteiger partial charge on any atom is 0.331 e. The summed E-state index contributed by atoms with van der Waals surface area (Å²) in [5, 5.41) is 10.8. The molecule has 0 saturated carbocycles. The lowest BCUT2D eigenvalue weighted by molar-refractivity contribution is 0.254. The highest BCUT2D eigenvalue weighted by molar-refractivity contribution is 5.98. The molecule has 0 unspecified atom stereocenters. The van der Waals surface area contributed by atoms with E-state index in [1.54, 1.807) is 12.3 Å². The molecule has 0 bridgehead atoms. The Kier molecular flexibility index (Phi) is 4.87. The van der Waals surface area contributed by atoms with Crippen LogP contribution in [0.4, 0.5) is 10.6 Å². The molecule has 31 heavy (non-hydrogen) atoms. The van der Waals surface area contributed by atoms with E-state index in [-0.39, 0.29) is 11.9 Å². The fourth-order valence-corrected chi connectivity index (χ4v) is 3.60. The molecular weight excluding hydrogens is 396 g/mol. The lowest BCUT2D eigenvalue weighted by atomic mass is 10.1. The number of nitrogens with zero attached hydrogens (tertiary/aromatic N) is 4. The number of carbonyl (C=O) groups is 1. The Balaban J connectivity index is 1.37. The number of fused-ring (bicyclic) bond motifs is 2. The van der Waals surface area contributed by atoms with Gasteiger partial charge < -0.3 is 14.6 Å². The van der Waals surface area contributed by atoms with Crippen molar-refractivity contribution in [3.8, 4) is 11.6 Å². The predicted octanol–water partition coefficient (Wildman–Crippen LogP) is 4.06. The summed E-state index contributed by atoms with van der Waals surface area (Å²) < 4.78 is 12.8. The van der Waals surface area contributed by atoms with Crippen molar-refractivity contribution in [2.24, 2.45) is 0 Å². The van der Waals surface area contributed by atoms with Crippen LogP contribution in [0, 0.1) is 0 Å². The van der Waals surface area contributed by atoms with Gasteiger partial charge in [0.05, 0.1) is 11.2 Å². The van der Waals surface area contributed by atoms with Crippen LogP contribution in [-0.2, 0) is 13.0 Å². The minimum atomic E-state index is -0.315. The molecular formula is C22H22N6O3. The van der Waals surface area contributed by atoms with Crippen LogP contribution in [0.15, 0.2) is 47.4 Å².